The minimum atomic E-state index is 0.164. The molecule has 2 fully saturated rings. The Labute approximate surface area is 177 Å². The van der Waals surface area contributed by atoms with Crippen LogP contribution >= 0.6 is 0 Å². The van der Waals surface area contributed by atoms with E-state index in [1.165, 1.54) is 5.56 Å². The number of fused-ring (bicyclic) bond motifs is 2. The van der Waals surface area contributed by atoms with Gasteiger partial charge in [-0.2, -0.15) is 0 Å². The van der Waals surface area contributed by atoms with Gasteiger partial charge in [0.05, 0.1) is 24.9 Å². The molecule has 0 spiro atoms. The molecule has 0 amide bonds. The highest BCUT2D eigenvalue weighted by molar-refractivity contribution is 5.43. The summed E-state index contributed by atoms with van der Waals surface area (Å²) < 4.78 is 24.5. The molecular weight excluding hydrogens is 384 g/mol. The molecule has 3 aliphatic rings. The molecule has 0 bridgehead atoms. The molecule has 8 heteroatoms. The number of methoxy groups -OCH3 is 2. The first-order valence-corrected chi connectivity index (χ1v) is 10.8. The number of hydrogen-bond acceptors (Lipinski definition) is 7. The van der Waals surface area contributed by atoms with Crippen molar-refractivity contribution in [2.75, 3.05) is 40.5 Å². The molecule has 30 heavy (non-hydrogen) atoms. The predicted octanol–water partition coefficient (Wildman–Crippen LogP) is 2.29. The van der Waals surface area contributed by atoms with Crippen LogP contribution < -0.4 is 9.47 Å². The Kier molecular flexibility index (Phi) is 5.62. The number of likely N-dealkylation sites (tertiary alicyclic amines) is 1. The zero-order valence-electron chi connectivity index (χ0n) is 17.7. The van der Waals surface area contributed by atoms with Crippen LogP contribution in [0.3, 0.4) is 0 Å². The molecule has 0 unspecified atom stereocenters. The summed E-state index contributed by atoms with van der Waals surface area (Å²) in [5.41, 5.74) is 2.14. The lowest BCUT2D eigenvalue weighted by atomic mass is 9.77. The standard InChI is InChI=1S/C22H30N4O4/c1-27-14-18-13-26(24-23-18)19-8-16-11-25(12-17(16)9-21(19)28-2)10-15-3-4-20-22(7-15)30-6-5-29-20/h3-4,7,13,16-17,19,21H,5-6,8-12,14H2,1-2H3/t16-,17+,19-,21-/m1/s1. The summed E-state index contributed by atoms with van der Waals surface area (Å²) in [6.45, 7) is 4.89. The first-order valence-electron chi connectivity index (χ1n) is 10.8. The molecule has 1 aromatic heterocycles. The lowest BCUT2D eigenvalue weighted by Gasteiger charge is -2.37. The van der Waals surface area contributed by atoms with Gasteiger partial charge in [-0.25, -0.2) is 4.68 Å². The molecule has 5 rings (SSSR count). The molecular formula is C22H30N4O4. The monoisotopic (exact) mass is 414 g/mol. The van der Waals surface area contributed by atoms with Gasteiger partial charge in [0.15, 0.2) is 11.5 Å². The van der Waals surface area contributed by atoms with Crippen LogP contribution in [0.15, 0.2) is 24.4 Å². The summed E-state index contributed by atoms with van der Waals surface area (Å²) in [6, 6.07) is 6.54. The van der Waals surface area contributed by atoms with Gasteiger partial charge < -0.3 is 18.9 Å². The van der Waals surface area contributed by atoms with Crippen LogP contribution in [0.1, 0.15) is 30.1 Å². The van der Waals surface area contributed by atoms with Crippen molar-refractivity contribution < 1.29 is 18.9 Å². The van der Waals surface area contributed by atoms with Gasteiger partial charge in [-0.05, 0) is 42.4 Å². The van der Waals surface area contributed by atoms with Crippen LogP contribution in [0.4, 0.5) is 0 Å². The van der Waals surface area contributed by atoms with Gasteiger partial charge in [0.1, 0.15) is 18.9 Å². The molecule has 1 saturated carbocycles. The highest BCUT2D eigenvalue weighted by Crippen LogP contribution is 2.42. The first-order chi connectivity index (χ1) is 14.7. The van der Waals surface area contributed by atoms with E-state index < -0.39 is 0 Å². The van der Waals surface area contributed by atoms with E-state index in [2.05, 4.69) is 27.3 Å². The Bertz CT molecular complexity index is 873. The van der Waals surface area contributed by atoms with E-state index in [-0.39, 0.29) is 12.1 Å². The summed E-state index contributed by atoms with van der Waals surface area (Å²) in [5, 5.41) is 8.61. The van der Waals surface area contributed by atoms with Gasteiger partial charge in [0.2, 0.25) is 0 Å². The van der Waals surface area contributed by atoms with Crippen molar-refractivity contribution in [2.24, 2.45) is 11.8 Å². The predicted molar refractivity (Wildman–Crippen MR) is 109 cm³/mol. The average molecular weight is 415 g/mol. The zero-order chi connectivity index (χ0) is 20.5. The van der Waals surface area contributed by atoms with E-state index in [1.807, 2.05) is 24.1 Å². The van der Waals surface area contributed by atoms with Crippen molar-refractivity contribution >= 4 is 0 Å². The molecule has 2 aliphatic heterocycles. The van der Waals surface area contributed by atoms with E-state index in [0.717, 1.165) is 49.7 Å². The van der Waals surface area contributed by atoms with Crippen molar-refractivity contribution in [1.29, 1.82) is 0 Å². The van der Waals surface area contributed by atoms with Crippen molar-refractivity contribution in [1.82, 2.24) is 19.9 Å². The van der Waals surface area contributed by atoms with Gasteiger partial charge in [0, 0.05) is 33.9 Å². The second kappa shape index (κ2) is 8.53. The number of benzene rings is 1. The molecule has 162 valence electrons. The summed E-state index contributed by atoms with van der Waals surface area (Å²) in [7, 11) is 3.49. The maximum Gasteiger partial charge on any atom is 0.161 e. The molecule has 3 heterocycles. The topological polar surface area (TPSA) is 70.9 Å². The minimum Gasteiger partial charge on any atom is -0.486 e. The molecule has 1 aromatic carbocycles. The van der Waals surface area contributed by atoms with Crippen LogP contribution in [0.5, 0.6) is 11.5 Å². The van der Waals surface area contributed by atoms with Gasteiger partial charge in [-0.15, -0.1) is 5.10 Å². The third-order valence-corrected chi connectivity index (χ3v) is 6.67. The number of nitrogens with zero attached hydrogens (tertiary/aromatic N) is 4. The van der Waals surface area contributed by atoms with Crippen LogP contribution in [-0.2, 0) is 22.6 Å². The van der Waals surface area contributed by atoms with Crippen molar-refractivity contribution in [3.05, 3.63) is 35.7 Å². The third kappa shape index (κ3) is 3.91. The molecule has 1 saturated heterocycles. The fraction of sp³-hybridized carbons (Fsp3) is 0.636. The van der Waals surface area contributed by atoms with Gasteiger partial charge >= 0.3 is 0 Å². The summed E-state index contributed by atoms with van der Waals surface area (Å²) in [5.74, 6) is 3.03. The van der Waals surface area contributed by atoms with E-state index in [0.29, 0.717) is 31.7 Å². The summed E-state index contributed by atoms with van der Waals surface area (Å²) in [4.78, 5) is 2.56. The lowest BCUT2D eigenvalue weighted by molar-refractivity contribution is -0.00548. The van der Waals surface area contributed by atoms with Crippen molar-refractivity contribution in [2.45, 2.75) is 38.1 Å². The van der Waals surface area contributed by atoms with Crippen LogP contribution in [-0.4, -0.2) is 66.5 Å². The van der Waals surface area contributed by atoms with Crippen molar-refractivity contribution in [3.63, 3.8) is 0 Å². The average Bonchev–Trinajstić information content (AvgIpc) is 3.39. The molecule has 1 aliphatic carbocycles. The fourth-order valence-electron chi connectivity index (χ4n) is 5.28. The van der Waals surface area contributed by atoms with E-state index >= 15 is 0 Å². The van der Waals surface area contributed by atoms with E-state index in [1.54, 1.807) is 7.11 Å². The second-order valence-corrected chi connectivity index (χ2v) is 8.63. The smallest absolute Gasteiger partial charge is 0.161 e. The lowest BCUT2D eigenvalue weighted by Crippen LogP contribution is -2.37. The first kappa shape index (κ1) is 19.8. The maximum absolute atomic E-state index is 5.88. The maximum atomic E-state index is 5.88. The normalized spacial score (nSPS) is 28.5. The highest BCUT2D eigenvalue weighted by atomic mass is 16.6. The van der Waals surface area contributed by atoms with Gasteiger partial charge in [0.25, 0.3) is 0 Å². The molecule has 2 aromatic rings. The Morgan fingerprint density at radius 1 is 1.07 bits per heavy atom. The van der Waals surface area contributed by atoms with Crippen LogP contribution in [0.2, 0.25) is 0 Å². The molecule has 0 N–H and O–H groups in total. The Morgan fingerprint density at radius 2 is 1.87 bits per heavy atom. The summed E-state index contributed by atoms with van der Waals surface area (Å²) >= 11 is 0. The van der Waals surface area contributed by atoms with Crippen LogP contribution in [0, 0.1) is 11.8 Å². The van der Waals surface area contributed by atoms with Crippen molar-refractivity contribution in [3.8, 4) is 11.5 Å². The van der Waals surface area contributed by atoms with Gasteiger partial charge in [-0.1, -0.05) is 11.3 Å². The molecule has 4 atom stereocenters. The van der Waals surface area contributed by atoms with Crippen LogP contribution in [0.25, 0.3) is 0 Å². The van der Waals surface area contributed by atoms with E-state index in [4.69, 9.17) is 18.9 Å². The summed E-state index contributed by atoms with van der Waals surface area (Å²) in [6.07, 6.45) is 4.29. The largest absolute Gasteiger partial charge is 0.486 e. The Morgan fingerprint density at radius 3 is 2.67 bits per heavy atom. The fourth-order valence-corrected chi connectivity index (χ4v) is 5.28. The number of aromatic nitrogens is 3. The van der Waals surface area contributed by atoms with E-state index in [9.17, 15) is 0 Å². The number of ether oxygens (including phenoxy) is 4. The Hall–Kier alpha value is -2.16. The SMILES string of the molecule is COCc1cn([C@@H]2C[C@@H]3CN(Cc4ccc5c(c4)OCCO5)C[C@@H]3C[C@H]2OC)nn1. The second-order valence-electron chi connectivity index (χ2n) is 8.63. The third-order valence-electron chi connectivity index (χ3n) is 6.67. The highest BCUT2D eigenvalue weighted by Gasteiger charge is 2.43. The number of rotatable bonds is 6. The Balaban J connectivity index is 1.25. The number of hydrogen-bond donors (Lipinski definition) is 0. The quantitative estimate of drug-likeness (QED) is 0.718. The zero-order valence-corrected chi connectivity index (χ0v) is 17.7. The minimum absolute atomic E-state index is 0.164. The van der Waals surface area contributed by atoms with Gasteiger partial charge in [-0.3, -0.25) is 4.90 Å². The molecule has 0 radical (unpaired) electrons. The molecule has 8 nitrogen and oxygen atoms in total.